The number of pyridine rings is 2. The molecule has 2 aromatic heterocycles. The minimum Gasteiger partial charge on any atom is -0.299 e. The van der Waals surface area contributed by atoms with Crippen LogP contribution < -0.4 is 0 Å². The van der Waals surface area contributed by atoms with E-state index in [1.807, 2.05) is 12.1 Å². The van der Waals surface area contributed by atoms with Gasteiger partial charge in [-0.2, -0.15) is 0 Å². The van der Waals surface area contributed by atoms with Gasteiger partial charge in [0.05, 0.1) is 11.4 Å². The summed E-state index contributed by atoms with van der Waals surface area (Å²) in [6.07, 6.45) is 3.48. The van der Waals surface area contributed by atoms with Crippen LogP contribution in [0.1, 0.15) is 11.4 Å². The number of rotatable bonds is 7. The molecular formula is C16H20Cl2N4. The van der Waals surface area contributed by atoms with Crippen LogP contribution in [-0.4, -0.2) is 47.0 Å². The summed E-state index contributed by atoms with van der Waals surface area (Å²) in [6, 6.07) is 7.38. The third-order valence-electron chi connectivity index (χ3n) is 3.28. The number of likely N-dealkylation sites (N-methyl/N-ethyl adjacent to an activating group) is 2. The number of hydrogen-bond acceptors (Lipinski definition) is 4. The predicted molar refractivity (Wildman–Crippen MR) is 91.2 cm³/mol. The third-order valence-corrected chi connectivity index (χ3v) is 3.75. The molecule has 0 saturated carbocycles. The van der Waals surface area contributed by atoms with Crippen molar-refractivity contribution in [1.82, 2.24) is 19.8 Å². The van der Waals surface area contributed by atoms with Gasteiger partial charge in [-0.05, 0) is 38.4 Å². The normalized spacial score (nSPS) is 11.4. The monoisotopic (exact) mass is 338 g/mol. The Kier molecular flexibility index (Phi) is 6.58. The highest BCUT2D eigenvalue weighted by molar-refractivity contribution is 6.30. The molecule has 0 spiro atoms. The molecule has 0 radical (unpaired) electrons. The Morgan fingerprint density at radius 1 is 0.818 bits per heavy atom. The van der Waals surface area contributed by atoms with E-state index in [9.17, 15) is 0 Å². The van der Waals surface area contributed by atoms with Crippen molar-refractivity contribution in [2.45, 2.75) is 13.1 Å². The second kappa shape index (κ2) is 8.44. The van der Waals surface area contributed by atoms with Crippen molar-refractivity contribution in [3.8, 4) is 0 Å². The van der Waals surface area contributed by atoms with E-state index >= 15 is 0 Å². The standard InChI is InChI=1S/C16H20Cl2N4/c1-21(11-15-9-13(17)3-5-19-15)7-8-22(2)12-16-10-14(18)4-6-20-16/h3-6,9-10H,7-8,11-12H2,1-2H3. The van der Waals surface area contributed by atoms with Gasteiger partial charge in [0.25, 0.3) is 0 Å². The summed E-state index contributed by atoms with van der Waals surface area (Å²) in [5.41, 5.74) is 1.96. The highest BCUT2D eigenvalue weighted by atomic mass is 35.5. The average molecular weight is 339 g/mol. The van der Waals surface area contributed by atoms with Gasteiger partial charge in [0, 0.05) is 48.6 Å². The van der Waals surface area contributed by atoms with Crippen molar-refractivity contribution in [1.29, 1.82) is 0 Å². The van der Waals surface area contributed by atoms with Gasteiger partial charge in [-0.25, -0.2) is 0 Å². The zero-order chi connectivity index (χ0) is 15.9. The lowest BCUT2D eigenvalue weighted by Crippen LogP contribution is -2.30. The first-order valence-electron chi connectivity index (χ1n) is 7.11. The summed E-state index contributed by atoms with van der Waals surface area (Å²) in [7, 11) is 4.15. The third kappa shape index (κ3) is 5.89. The molecule has 0 bridgehead atoms. The molecule has 2 rings (SSSR count). The van der Waals surface area contributed by atoms with Gasteiger partial charge in [0.1, 0.15) is 0 Å². The van der Waals surface area contributed by atoms with Crippen LogP contribution >= 0.6 is 23.2 Å². The molecule has 0 fully saturated rings. The Balaban J connectivity index is 1.77. The fourth-order valence-electron chi connectivity index (χ4n) is 2.12. The number of nitrogens with zero attached hydrogens (tertiary/aromatic N) is 4. The maximum Gasteiger partial charge on any atom is 0.0558 e. The molecule has 0 saturated heterocycles. The molecule has 4 nitrogen and oxygen atoms in total. The highest BCUT2D eigenvalue weighted by Crippen LogP contribution is 2.10. The van der Waals surface area contributed by atoms with E-state index in [-0.39, 0.29) is 0 Å². The maximum absolute atomic E-state index is 5.97. The van der Waals surface area contributed by atoms with Crippen molar-refractivity contribution in [3.05, 3.63) is 58.1 Å². The minimum absolute atomic E-state index is 0.725. The summed E-state index contributed by atoms with van der Waals surface area (Å²) < 4.78 is 0. The van der Waals surface area contributed by atoms with E-state index in [2.05, 4.69) is 33.9 Å². The fourth-order valence-corrected chi connectivity index (χ4v) is 2.49. The van der Waals surface area contributed by atoms with Crippen molar-refractivity contribution >= 4 is 23.2 Å². The summed E-state index contributed by atoms with van der Waals surface area (Å²) in [5, 5.41) is 1.45. The Morgan fingerprint density at radius 2 is 1.23 bits per heavy atom. The van der Waals surface area contributed by atoms with E-state index < -0.39 is 0 Å². The van der Waals surface area contributed by atoms with Crippen LogP contribution in [0.4, 0.5) is 0 Å². The minimum atomic E-state index is 0.725. The Morgan fingerprint density at radius 3 is 1.59 bits per heavy atom. The first kappa shape index (κ1) is 17.2. The molecule has 0 unspecified atom stereocenters. The number of halogens is 2. The second-order valence-corrected chi connectivity index (χ2v) is 6.28. The van der Waals surface area contributed by atoms with Crippen LogP contribution in [0.5, 0.6) is 0 Å². The number of hydrogen-bond donors (Lipinski definition) is 0. The van der Waals surface area contributed by atoms with Gasteiger partial charge in [-0.3, -0.25) is 19.8 Å². The lowest BCUT2D eigenvalue weighted by Gasteiger charge is -2.21. The Labute approximate surface area is 141 Å². The zero-order valence-electron chi connectivity index (χ0n) is 12.8. The predicted octanol–water partition coefficient (Wildman–Crippen LogP) is 3.35. The van der Waals surface area contributed by atoms with Crippen molar-refractivity contribution in [2.75, 3.05) is 27.2 Å². The second-order valence-electron chi connectivity index (χ2n) is 5.41. The molecule has 22 heavy (non-hydrogen) atoms. The first-order chi connectivity index (χ1) is 10.5. The van der Waals surface area contributed by atoms with Crippen LogP contribution in [0, 0.1) is 0 Å². The molecule has 0 N–H and O–H groups in total. The van der Waals surface area contributed by atoms with E-state index in [1.54, 1.807) is 24.5 Å². The van der Waals surface area contributed by atoms with Gasteiger partial charge in [0.2, 0.25) is 0 Å². The van der Waals surface area contributed by atoms with Crippen molar-refractivity contribution in [3.63, 3.8) is 0 Å². The van der Waals surface area contributed by atoms with E-state index in [0.29, 0.717) is 0 Å². The molecule has 0 atom stereocenters. The largest absolute Gasteiger partial charge is 0.299 e. The van der Waals surface area contributed by atoms with Gasteiger partial charge in [-0.15, -0.1) is 0 Å². The van der Waals surface area contributed by atoms with Crippen LogP contribution in [0.15, 0.2) is 36.7 Å². The number of aromatic nitrogens is 2. The van der Waals surface area contributed by atoms with Gasteiger partial charge < -0.3 is 0 Å². The van der Waals surface area contributed by atoms with Gasteiger partial charge in [0.15, 0.2) is 0 Å². The highest BCUT2D eigenvalue weighted by Gasteiger charge is 2.06. The molecule has 0 aromatic carbocycles. The van der Waals surface area contributed by atoms with E-state index in [4.69, 9.17) is 23.2 Å². The lowest BCUT2D eigenvalue weighted by molar-refractivity contribution is 0.244. The smallest absolute Gasteiger partial charge is 0.0558 e. The lowest BCUT2D eigenvalue weighted by atomic mass is 10.3. The first-order valence-corrected chi connectivity index (χ1v) is 7.86. The van der Waals surface area contributed by atoms with Crippen LogP contribution in [0.25, 0.3) is 0 Å². The maximum atomic E-state index is 5.97. The van der Waals surface area contributed by atoms with Gasteiger partial charge in [-0.1, -0.05) is 23.2 Å². The quantitative estimate of drug-likeness (QED) is 0.774. The van der Waals surface area contributed by atoms with Crippen LogP contribution in [-0.2, 0) is 13.1 Å². The molecule has 0 amide bonds. The van der Waals surface area contributed by atoms with Crippen molar-refractivity contribution in [2.24, 2.45) is 0 Å². The summed E-state index contributed by atoms with van der Waals surface area (Å²) >= 11 is 11.9. The molecule has 2 heterocycles. The zero-order valence-corrected chi connectivity index (χ0v) is 14.3. The average Bonchev–Trinajstić information content (AvgIpc) is 2.45. The SMILES string of the molecule is CN(CCN(C)Cc1cc(Cl)ccn1)Cc1cc(Cl)ccn1. The topological polar surface area (TPSA) is 32.3 Å². The molecule has 118 valence electrons. The molecule has 2 aromatic rings. The Hall–Kier alpha value is -1.20. The van der Waals surface area contributed by atoms with E-state index in [0.717, 1.165) is 47.6 Å². The molecule has 0 aliphatic carbocycles. The fraction of sp³-hybridized carbons (Fsp3) is 0.375. The molecular weight excluding hydrogens is 319 g/mol. The van der Waals surface area contributed by atoms with Crippen LogP contribution in [0.3, 0.4) is 0 Å². The molecule has 6 heteroatoms. The van der Waals surface area contributed by atoms with Crippen molar-refractivity contribution < 1.29 is 0 Å². The van der Waals surface area contributed by atoms with E-state index in [1.165, 1.54) is 0 Å². The Bertz CT molecular complexity index is 553. The van der Waals surface area contributed by atoms with Gasteiger partial charge >= 0.3 is 0 Å². The summed E-state index contributed by atoms with van der Waals surface area (Å²) in [4.78, 5) is 13.1. The molecule has 0 aliphatic rings. The van der Waals surface area contributed by atoms with Crippen LogP contribution in [0.2, 0.25) is 10.0 Å². The molecule has 0 aliphatic heterocycles. The summed E-state index contributed by atoms with van der Waals surface area (Å²) in [6.45, 7) is 3.43. The summed E-state index contributed by atoms with van der Waals surface area (Å²) in [5.74, 6) is 0.